The molecule has 0 aromatic heterocycles. The zero-order chi connectivity index (χ0) is 14.4. The lowest BCUT2D eigenvalue weighted by atomic mass is 10.1. The molecule has 21 heavy (non-hydrogen) atoms. The summed E-state index contributed by atoms with van der Waals surface area (Å²) in [7, 11) is 1.81. The minimum Gasteiger partial charge on any atom is -0.343 e. The fourth-order valence-electron chi connectivity index (χ4n) is 2.37. The molecule has 1 aromatic carbocycles. The molecule has 0 aliphatic carbocycles. The molecule has 116 valence electrons. The highest BCUT2D eigenvalue weighted by Gasteiger charge is 2.21. The van der Waals surface area contributed by atoms with E-state index in [1.165, 1.54) is 0 Å². The van der Waals surface area contributed by atoms with E-state index in [0.717, 1.165) is 25.9 Å². The smallest absolute Gasteiger partial charge is 0.251 e. The molecule has 0 radical (unpaired) electrons. The van der Waals surface area contributed by atoms with Crippen LogP contribution in [0.25, 0.3) is 0 Å². The van der Waals surface area contributed by atoms with Crippen molar-refractivity contribution in [1.82, 2.24) is 15.5 Å². The van der Waals surface area contributed by atoms with Gasteiger partial charge in [-0.2, -0.15) is 0 Å². The van der Waals surface area contributed by atoms with Crippen LogP contribution in [0.5, 0.6) is 0 Å². The number of carbonyl (C=O) groups is 2. The Labute approximate surface area is 131 Å². The molecule has 1 aliphatic rings. The van der Waals surface area contributed by atoms with Gasteiger partial charge in [0.25, 0.3) is 5.91 Å². The van der Waals surface area contributed by atoms with Crippen molar-refractivity contribution in [2.24, 2.45) is 0 Å². The summed E-state index contributed by atoms with van der Waals surface area (Å²) < 4.78 is 0. The summed E-state index contributed by atoms with van der Waals surface area (Å²) in [6.07, 6.45) is 1.93. The van der Waals surface area contributed by atoms with E-state index < -0.39 is 0 Å². The number of halogens is 1. The van der Waals surface area contributed by atoms with E-state index in [-0.39, 0.29) is 36.8 Å². The predicted octanol–water partition coefficient (Wildman–Crippen LogP) is 1.05. The Morgan fingerprint density at radius 3 is 2.48 bits per heavy atom. The molecule has 2 rings (SSSR count). The summed E-state index contributed by atoms with van der Waals surface area (Å²) in [6, 6.07) is 9.20. The van der Waals surface area contributed by atoms with Crippen LogP contribution in [-0.4, -0.2) is 49.4 Å². The first kappa shape index (κ1) is 17.5. The molecule has 6 heteroatoms. The highest BCUT2D eigenvalue weighted by Crippen LogP contribution is 2.09. The lowest BCUT2D eigenvalue weighted by molar-refractivity contribution is -0.131. The van der Waals surface area contributed by atoms with E-state index in [1.807, 2.05) is 13.1 Å². The third-order valence-corrected chi connectivity index (χ3v) is 3.69. The number of likely N-dealkylation sites (N-methyl/N-ethyl adjacent to an activating group) is 1. The number of hydrogen-bond acceptors (Lipinski definition) is 3. The van der Waals surface area contributed by atoms with Gasteiger partial charge in [-0.25, -0.2) is 0 Å². The van der Waals surface area contributed by atoms with Crippen LogP contribution < -0.4 is 10.6 Å². The van der Waals surface area contributed by atoms with E-state index in [0.29, 0.717) is 5.56 Å². The van der Waals surface area contributed by atoms with Gasteiger partial charge in [0.05, 0.1) is 6.54 Å². The van der Waals surface area contributed by atoms with Crippen LogP contribution in [0, 0.1) is 0 Å². The molecular weight excluding hydrogens is 290 g/mol. The van der Waals surface area contributed by atoms with Crippen LogP contribution in [0.3, 0.4) is 0 Å². The van der Waals surface area contributed by atoms with Crippen molar-refractivity contribution >= 4 is 24.2 Å². The maximum absolute atomic E-state index is 12.1. The average Bonchev–Trinajstić information content (AvgIpc) is 2.53. The van der Waals surface area contributed by atoms with Crippen LogP contribution in [-0.2, 0) is 4.79 Å². The second-order valence-electron chi connectivity index (χ2n) is 5.03. The van der Waals surface area contributed by atoms with Gasteiger partial charge < -0.3 is 15.5 Å². The molecule has 2 amide bonds. The van der Waals surface area contributed by atoms with Crippen LogP contribution in [0.2, 0.25) is 0 Å². The lowest BCUT2D eigenvalue weighted by Gasteiger charge is -2.31. The van der Waals surface area contributed by atoms with Gasteiger partial charge in [0, 0.05) is 18.7 Å². The third kappa shape index (κ3) is 5.02. The van der Waals surface area contributed by atoms with Crippen LogP contribution >= 0.6 is 12.4 Å². The predicted molar refractivity (Wildman–Crippen MR) is 84.7 cm³/mol. The maximum atomic E-state index is 12.1. The monoisotopic (exact) mass is 311 g/mol. The molecule has 1 aliphatic heterocycles. The highest BCUT2D eigenvalue weighted by atomic mass is 35.5. The van der Waals surface area contributed by atoms with Crippen molar-refractivity contribution in [2.75, 3.05) is 26.7 Å². The van der Waals surface area contributed by atoms with Gasteiger partial charge in [0.15, 0.2) is 0 Å². The number of nitrogens with zero attached hydrogens (tertiary/aromatic N) is 1. The summed E-state index contributed by atoms with van der Waals surface area (Å²) in [6.45, 7) is 1.94. The first-order valence-corrected chi connectivity index (χ1v) is 6.98. The normalized spacial score (nSPS) is 14.9. The van der Waals surface area contributed by atoms with E-state index in [9.17, 15) is 9.59 Å². The molecule has 2 N–H and O–H groups in total. The van der Waals surface area contributed by atoms with E-state index in [2.05, 4.69) is 10.6 Å². The molecule has 0 spiro atoms. The number of benzene rings is 1. The Morgan fingerprint density at radius 2 is 1.86 bits per heavy atom. The number of rotatable bonds is 4. The maximum Gasteiger partial charge on any atom is 0.251 e. The number of piperidine rings is 1. The minimum atomic E-state index is -0.210. The summed E-state index contributed by atoms with van der Waals surface area (Å²) in [4.78, 5) is 25.7. The molecule has 1 heterocycles. The standard InChI is InChI=1S/C15H21N3O2.ClH/c1-18(13-7-9-16-10-8-13)14(19)11-17-15(20)12-5-3-2-4-6-12;/h2-6,13,16H,7-11H2,1H3,(H,17,20);1H. The highest BCUT2D eigenvalue weighted by molar-refractivity contribution is 5.96. The van der Waals surface area contributed by atoms with Crippen molar-refractivity contribution in [3.8, 4) is 0 Å². The first-order valence-electron chi connectivity index (χ1n) is 6.98. The molecule has 0 unspecified atom stereocenters. The van der Waals surface area contributed by atoms with Crippen LogP contribution in [0.1, 0.15) is 23.2 Å². The summed E-state index contributed by atoms with van der Waals surface area (Å²) >= 11 is 0. The SMILES string of the molecule is CN(C(=O)CNC(=O)c1ccccc1)C1CCNCC1.Cl. The molecule has 0 bridgehead atoms. The average molecular weight is 312 g/mol. The molecule has 1 aromatic rings. The van der Waals surface area contributed by atoms with Gasteiger partial charge in [-0.3, -0.25) is 9.59 Å². The molecule has 1 saturated heterocycles. The second kappa shape index (κ2) is 8.64. The van der Waals surface area contributed by atoms with Crippen molar-refractivity contribution in [3.63, 3.8) is 0 Å². The van der Waals surface area contributed by atoms with Crippen molar-refractivity contribution in [3.05, 3.63) is 35.9 Å². The number of hydrogen-bond donors (Lipinski definition) is 2. The Kier molecular flexibility index (Phi) is 7.19. The van der Waals surface area contributed by atoms with Gasteiger partial charge in [-0.1, -0.05) is 18.2 Å². The van der Waals surface area contributed by atoms with Crippen molar-refractivity contribution in [1.29, 1.82) is 0 Å². The van der Waals surface area contributed by atoms with Gasteiger partial charge in [-0.05, 0) is 38.1 Å². The van der Waals surface area contributed by atoms with Gasteiger partial charge in [-0.15, -0.1) is 12.4 Å². The summed E-state index contributed by atoms with van der Waals surface area (Å²) in [5.74, 6) is -0.251. The fourth-order valence-corrected chi connectivity index (χ4v) is 2.37. The van der Waals surface area contributed by atoms with Gasteiger partial charge in [0.1, 0.15) is 0 Å². The Balaban J connectivity index is 0.00000220. The quantitative estimate of drug-likeness (QED) is 0.874. The minimum absolute atomic E-state index is 0. The van der Waals surface area contributed by atoms with Gasteiger partial charge >= 0.3 is 0 Å². The van der Waals surface area contributed by atoms with E-state index >= 15 is 0 Å². The van der Waals surface area contributed by atoms with Crippen LogP contribution in [0.4, 0.5) is 0 Å². The largest absolute Gasteiger partial charge is 0.343 e. The Bertz CT molecular complexity index is 461. The van der Waals surface area contributed by atoms with E-state index in [4.69, 9.17) is 0 Å². The fraction of sp³-hybridized carbons (Fsp3) is 0.467. The zero-order valence-corrected chi connectivity index (χ0v) is 13.0. The topological polar surface area (TPSA) is 61.4 Å². The molecule has 5 nitrogen and oxygen atoms in total. The molecule has 0 saturated carbocycles. The molecule has 0 atom stereocenters. The molecule has 1 fully saturated rings. The van der Waals surface area contributed by atoms with Crippen molar-refractivity contribution < 1.29 is 9.59 Å². The third-order valence-electron chi connectivity index (χ3n) is 3.69. The zero-order valence-electron chi connectivity index (χ0n) is 12.2. The summed E-state index contributed by atoms with van der Waals surface area (Å²) in [5.41, 5.74) is 0.574. The first-order chi connectivity index (χ1) is 9.68. The number of nitrogens with one attached hydrogen (secondary N) is 2. The van der Waals surface area contributed by atoms with Crippen molar-refractivity contribution in [2.45, 2.75) is 18.9 Å². The summed E-state index contributed by atoms with van der Waals surface area (Å²) in [5, 5.41) is 5.95. The number of carbonyl (C=O) groups excluding carboxylic acids is 2. The lowest BCUT2D eigenvalue weighted by Crippen LogP contribution is -2.47. The Hall–Kier alpha value is -1.59. The number of amides is 2. The Morgan fingerprint density at radius 1 is 1.24 bits per heavy atom. The van der Waals surface area contributed by atoms with Gasteiger partial charge in [0.2, 0.25) is 5.91 Å². The second-order valence-corrected chi connectivity index (χ2v) is 5.03. The van der Waals surface area contributed by atoms with E-state index in [1.54, 1.807) is 29.2 Å². The molecular formula is C15H22ClN3O2. The van der Waals surface area contributed by atoms with Crippen LogP contribution in [0.15, 0.2) is 30.3 Å².